The van der Waals surface area contributed by atoms with E-state index in [1.165, 1.54) is 0 Å². The third-order valence-corrected chi connectivity index (χ3v) is 5.73. The summed E-state index contributed by atoms with van der Waals surface area (Å²) < 4.78 is 5.26. The molecule has 0 radical (unpaired) electrons. The van der Waals surface area contributed by atoms with Crippen LogP contribution in [0.3, 0.4) is 0 Å². The second-order valence-corrected chi connectivity index (χ2v) is 7.56. The molecule has 0 saturated carbocycles. The first-order valence-electron chi connectivity index (χ1n) is 10.3. The molecule has 158 valence electrons. The SMILES string of the molecule is COc1ccc([C@@H]2[C@H](C(=O)NCCc3ccccn3)c3ccccc3C(=O)N2C)cc1. The number of carbonyl (C=O) groups is 2. The summed E-state index contributed by atoms with van der Waals surface area (Å²) in [6, 6.07) is 20.2. The number of hydrogen-bond acceptors (Lipinski definition) is 4. The Labute approximate surface area is 181 Å². The van der Waals surface area contributed by atoms with Crippen LogP contribution in [0.1, 0.15) is 39.1 Å². The highest BCUT2D eigenvalue weighted by molar-refractivity contribution is 6.01. The second-order valence-electron chi connectivity index (χ2n) is 7.56. The molecule has 0 fully saturated rings. The van der Waals surface area contributed by atoms with Gasteiger partial charge in [-0.25, -0.2) is 0 Å². The number of amides is 2. The van der Waals surface area contributed by atoms with Crippen molar-refractivity contribution in [1.29, 1.82) is 0 Å². The Kier molecular flexibility index (Phi) is 5.98. The molecule has 4 rings (SSSR count). The summed E-state index contributed by atoms with van der Waals surface area (Å²) in [5.41, 5.74) is 3.13. The van der Waals surface area contributed by atoms with Crippen molar-refractivity contribution in [3.8, 4) is 5.75 Å². The standard InChI is InChI=1S/C25H25N3O3/c1-28-23(17-10-12-19(31-2)13-11-17)22(20-8-3-4-9-21(20)25(28)30)24(29)27-16-14-18-7-5-6-15-26-18/h3-13,15,22-23H,14,16H2,1-2H3,(H,27,29)/t22-,23-/m1/s1. The van der Waals surface area contributed by atoms with Gasteiger partial charge in [0.1, 0.15) is 5.75 Å². The molecular weight excluding hydrogens is 390 g/mol. The number of aromatic nitrogens is 1. The summed E-state index contributed by atoms with van der Waals surface area (Å²) in [7, 11) is 3.36. The van der Waals surface area contributed by atoms with Gasteiger partial charge in [-0.1, -0.05) is 36.4 Å². The number of nitrogens with one attached hydrogen (secondary N) is 1. The number of methoxy groups -OCH3 is 1. The number of benzene rings is 2. The van der Waals surface area contributed by atoms with E-state index in [-0.39, 0.29) is 11.8 Å². The van der Waals surface area contributed by atoms with Crippen LogP contribution in [0.5, 0.6) is 5.75 Å². The molecule has 2 atom stereocenters. The number of ether oxygens (including phenoxy) is 1. The zero-order valence-corrected chi connectivity index (χ0v) is 17.6. The summed E-state index contributed by atoms with van der Waals surface area (Å²) in [6.45, 7) is 0.474. The van der Waals surface area contributed by atoms with Gasteiger partial charge in [0.2, 0.25) is 5.91 Å². The van der Waals surface area contributed by atoms with Gasteiger partial charge in [0.25, 0.3) is 5.91 Å². The first kappa shape index (κ1) is 20.6. The van der Waals surface area contributed by atoms with Crippen LogP contribution >= 0.6 is 0 Å². The van der Waals surface area contributed by atoms with Gasteiger partial charge in [-0.15, -0.1) is 0 Å². The van der Waals surface area contributed by atoms with Crippen molar-refractivity contribution in [3.05, 3.63) is 95.3 Å². The van der Waals surface area contributed by atoms with Crippen LogP contribution in [0.4, 0.5) is 0 Å². The van der Waals surface area contributed by atoms with E-state index in [9.17, 15) is 9.59 Å². The maximum Gasteiger partial charge on any atom is 0.254 e. The van der Waals surface area contributed by atoms with Crippen LogP contribution in [-0.4, -0.2) is 42.4 Å². The maximum absolute atomic E-state index is 13.4. The largest absolute Gasteiger partial charge is 0.497 e. The molecular formula is C25H25N3O3. The number of hydrogen-bond donors (Lipinski definition) is 1. The van der Waals surface area contributed by atoms with Gasteiger partial charge in [-0.05, 0) is 41.5 Å². The second kappa shape index (κ2) is 9.00. The number of likely N-dealkylation sites (N-methyl/N-ethyl adjacent to an activating group) is 1. The van der Waals surface area contributed by atoms with E-state index >= 15 is 0 Å². The Bertz CT molecular complexity index is 1070. The predicted molar refractivity (Wildman–Crippen MR) is 118 cm³/mol. The lowest BCUT2D eigenvalue weighted by Gasteiger charge is -2.39. The smallest absolute Gasteiger partial charge is 0.254 e. The number of pyridine rings is 1. The Morgan fingerprint density at radius 1 is 1.06 bits per heavy atom. The minimum absolute atomic E-state index is 0.0889. The summed E-state index contributed by atoms with van der Waals surface area (Å²) >= 11 is 0. The van der Waals surface area contributed by atoms with Gasteiger partial charge >= 0.3 is 0 Å². The molecule has 6 nitrogen and oxygen atoms in total. The van der Waals surface area contributed by atoms with E-state index in [0.717, 1.165) is 22.6 Å². The van der Waals surface area contributed by atoms with Crippen molar-refractivity contribution >= 4 is 11.8 Å². The monoisotopic (exact) mass is 415 g/mol. The van der Waals surface area contributed by atoms with Crippen molar-refractivity contribution in [2.24, 2.45) is 0 Å². The Morgan fingerprint density at radius 3 is 2.52 bits per heavy atom. The summed E-state index contributed by atoms with van der Waals surface area (Å²) in [4.78, 5) is 32.4. The fourth-order valence-corrected chi connectivity index (χ4v) is 4.14. The predicted octanol–water partition coefficient (Wildman–Crippen LogP) is 3.36. The van der Waals surface area contributed by atoms with Crippen molar-refractivity contribution in [2.75, 3.05) is 20.7 Å². The first-order valence-corrected chi connectivity index (χ1v) is 10.3. The van der Waals surface area contributed by atoms with Crippen LogP contribution in [-0.2, 0) is 11.2 Å². The van der Waals surface area contributed by atoms with E-state index < -0.39 is 12.0 Å². The molecule has 3 aromatic rings. The molecule has 0 saturated heterocycles. The van der Waals surface area contributed by atoms with Crippen LogP contribution in [0.2, 0.25) is 0 Å². The highest BCUT2D eigenvalue weighted by Crippen LogP contribution is 2.42. The van der Waals surface area contributed by atoms with Crippen molar-refractivity contribution < 1.29 is 14.3 Å². The highest BCUT2D eigenvalue weighted by atomic mass is 16.5. The molecule has 0 unspecified atom stereocenters. The third kappa shape index (κ3) is 4.14. The third-order valence-electron chi connectivity index (χ3n) is 5.73. The quantitative estimate of drug-likeness (QED) is 0.670. The average molecular weight is 415 g/mol. The molecule has 1 aliphatic heterocycles. The fraction of sp³-hybridized carbons (Fsp3) is 0.240. The van der Waals surface area contributed by atoms with Crippen LogP contribution in [0.25, 0.3) is 0 Å². The summed E-state index contributed by atoms with van der Waals surface area (Å²) in [5, 5.41) is 3.06. The maximum atomic E-state index is 13.4. The van der Waals surface area contributed by atoms with Gasteiger partial charge in [0, 0.05) is 37.5 Å². The lowest BCUT2D eigenvalue weighted by Crippen LogP contribution is -2.46. The zero-order chi connectivity index (χ0) is 21.8. The van der Waals surface area contributed by atoms with Gasteiger partial charge in [-0.3, -0.25) is 14.6 Å². The summed E-state index contributed by atoms with van der Waals surface area (Å²) in [5.74, 6) is 0.0128. The molecule has 2 heterocycles. The summed E-state index contributed by atoms with van der Waals surface area (Å²) in [6.07, 6.45) is 2.39. The molecule has 1 aliphatic rings. The minimum atomic E-state index is -0.518. The van der Waals surface area contributed by atoms with Crippen LogP contribution < -0.4 is 10.1 Å². The van der Waals surface area contributed by atoms with E-state index in [2.05, 4.69) is 10.3 Å². The molecule has 2 amide bonds. The molecule has 0 spiro atoms. The van der Waals surface area contributed by atoms with Crippen LogP contribution in [0.15, 0.2) is 72.9 Å². The molecule has 1 aromatic heterocycles. The lowest BCUT2D eigenvalue weighted by molar-refractivity contribution is -0.124. The highest BCUT2D eigenvalue weighted by Gasteiger charge is 2.42. The molecule has 6 heteroatoms. The van der Waals surface area contributed by atoms with E-state index in [0.29, 0.717) is 18.5 Å². The normalized spacial score (nSPS) is 17.7. The average Bonchev–Trinajstić information content (AvgIpc) is 2.82. The van der Waals surface area contributed by atoms with Crippen LogP contribution in [0, 0.1) is 0 Å². The molecule has 2 aromatic carbocycles. The number of fused-ring (bicyclic) bond motifs is 1. The van der Waals surface area contributed by atoms with E-state index in [4.69, 9.17) is 4.74 Å². The van der Waals surface area contributed by atoms with Gasteiger partial charge in [0.05, 0.1) is 19.1 Å². The number of rotatable bonds is 6. The van der Waals surface area contributed by atoms with Crippen molar-refractivity contribution in [2.45, 2.75) is 18.4 Å². The zero-order valence-electron chi connectivity index (χ0n) is 17.6. The lowest BCUT2D eigenvalue weighted by atomic mass is 9.79. The van der Waals surface area contributed by atoms with E-state index in [1.54, 1.807) is 31.3 Å². The van der Waals surface area contributed by atoms with Gasteiger partial charge < -0.3 is 15.0 Å². The fourth-order valence-electron chi connectivity index (χ4n) is 4.14. The Hall–Kier alpha value is -3.67. The minimum Gasteiger partial charge on any atom is -0.497 e. The first-order chi connectivity index (χ1) is 15.1. The molecule has 1 N–H and O–H groups in total. The number of nitrogens with zero attached hydrogens (tertiary/aromatic N) is 2. The molecule has 0 aliphatic carbocycles. The van der Waals surface area contributed by atoms with Gasteiger partial charge in [0.15, 0.2) is 0 Å². The molecule has 31 heavy (non-hydrogen) atoms. The Balaban J connectivity index is 1.64. The molecule has 0 bridgehead atoms. The topological polar surface area (TPSA) is 71.5 Å². The Morgan fingerprint density at radius 2 is 1.81 bits per heavy atom. The van der Waals surface area contributed by atoms with Gasteiger partial charge in [-0.2, -0.15) is 0 Å². The van der Waals surface area contributed by atoms with E-state index in [1.807, 2.05) is 60.7 Å². The number of carbonyl (C=O) groups excluding carboxylic acids is 2. The van der Waals surface area contributed by atoms with Crippen molar-refractivity contribution in [3.63, 3.8) is 0 Å². The van der Waals surface area contributed by atoms with Crippen molar-refractivity contribution in [1.82, 2.24) is 15.2 Å².